The van der Waals surface area contributed by atoms with E-state index in [4.69, 9.17) is 17.5 Å². The van der Waals surface area contributed by atoms with Crippen molar-refractivity contribution in [3.8, 4) is 0 Å². The van der Waals surface area contributed by atoms with Crippen LogP contribution in [0.15, 0.2) is 0 Å². The zero-order chi connectivity index (χ0) is 4.50. The topological polar surface area (TPSA) is 74.6 Å². The van der Waals surface area contributed by atoms with E-state index in [1.165, 1.54) is 0 Å². The summed E-state index contributed by atoms with van der Waals surface area (Å²) in [5, 5.41) is 0. The Labute approximate surface area is 109 Å². The van der Waals surface area contributed by atoms with Gasteiger partial charge in [0.2, 0.25) is 0 Å². The summed E-state index contributed by atoms with van der Waals surface area (Å²) in [5.74, 6) is 0. The molecule has 0 spiro atoms. The molecule has 9 heteroatoms. The predicted molar refractivity (Wildman–Crippen MR) is 34.1 cm³/mol. The van der Waals surface area contributed by atoms with Crippen molar-refractivity contribution in [3.05, 3.63) is 0 Å². The second-order valence-corrected chi connectivity index (χ2v) is 1.34. The van der Waals surface area contributed by atoms with E-state index >= 15 is 0 Å². The summed E-state index contributed by atoms with van der Waals surface area (Å²) in [7, 11) is -4.67. The minimum Gasteiger partial charge on any atom is -0.0149 e. The van der Waals surface area contributed by atoms with Gasteiger partial charge in [-0.15, -0.1) is 0 Å². The van der Waals surface area contributed by atoms with E-state index in [-0.39, 0.29) is 82.8 Å². The minimum atomic E-state index is -4.67. The molecule has 0 aromatic rings. The molecular weight excluding hydrogens is 291 g/mol. The zero-order valence-electron chi connectivity index (χ0n) is 2.72. The van der Waals surface area contributed by atoms with Crippen LogP contribution < -0.4 is 0 Å². The molecule has 0 aromatic carbocycles. The van der Waals surface area contributed by atoms with E-state index in [0.717, 1.165) is 0 Å². The average molecular weight is 299 g/mol. The number of hydrogen-bond donors (Lipinski definition) is 2. The van der Waals surface area contributed by atoms with E-state index in [1.807, 2.05) is 0 Å². The monoisotopic (exact) mass is 298 g/mol. The molecule has 2 N–H and O–H groups in total. The Balaban J connectivity index is -0.0000000133. The maximum absolute atomic E-state index is 8.74. The molecule has 0 saturated heterocycles. The molecule has 0 heterocycles. The van der Waals surface area contributed by atoms with Crippen LogP contribution in [-0.2, 0) is 44.5 Å². The van der Waals surface area contributed by atoms with E-state index in [2.05, 4.69) is 0 Å². The molecule has 0 aliphatic heterocycles. The fraction of sp³-hybridized carbons (Fsp3) is 0. The third-order valence-electron chi connectivity index (χ3n) is 0. The maximum Gasteiger partial charge on any atom is 0 e. The van der Waals surface area contributed by atoms with Crippen molar-refractivity contribution in [1.29, 1.82) is 0 Å². The SMILES string of the molecule is O=S(=O)(O)O.[CaH2].[Cu].[Cu].[SiH4]. The van der Waals surface area contributed by atoms with Crippen LogP contribution >= 0.6 is 0 Å². The van der Waals surface area contributed by atoms with E-state index < -0.39 is 10.4 Å². The summed E-state index contributed by atoms with van der Waals surface area (Å²) >= 11 is 0. The standard InChI is InChI=1S/Ca.2Cu.H2O4S.H4Si.2H/c;;;1-5(2,3)4;;;/h;;;(H2,1,2,3,4);1H4;;. The summed E-state index contributed by atoms with van der Waals surface area (Å²) in [6, 6.07) is 0. The van der Waals surface area contributed by atoms with Gasteiger partial charge < -0.3 is 0 Å². The van der Waals surface area contributed by atoms with Crippen LogP contribution in [0.4, 0.5) is 0 Å². The van der Waals surface area contributed by atoms with E-state index in [1.54, 1.807) is 0 Å². The molecule has 66 valence electrons. The predicted octanol–water partition coefficient (Wildman–Crippen LogP) is -3.03. The fourth-order valence-electron chi connectivity index (χ4n) is 0. The molecule has 0 fully saturated rings. The summed E-state index contributed by atoms with van der Waals surface area (Å²) in [5.41, 5.74) is 0. The molecule has 0 bridgehead atoms. The Morgan fingerprint density at radius 2 is 1.00 bits per heavy atom. The van der Waals surface area contributed by atoms with Gasteiger partial charge in [-0.3, -0.25) is 9.11 Å². The average Bonchev–Trinajstić information content (AvgIpc) is 0.722. The van der Waals surface area contributed by atoms with Crippen molar-refractivity contribution in [2.24, 2.45) is 0 Å². The van der Waals surface area contributed by atoms with E-state index in [0.29, 0.717) is 0 Å². The number of rotatable bonds is 0. The molecule has 0 amide bonds. The summed E-state index contributed by atoms with van der Waals surface area (Å²) in [4.78, 5) is 0. The molecule has 0 saturated carbocycles. The molecule has 0 aliphatic carbocycles. The molecular formula is H8CaCu2O4SSi. The van der Waals surface area contributed by atoms with Gasteiger partial charge in [0.05, 0.1) is 0 Å². The van der Waals surface area contributed by atoms with Crippen molar-refractivity contribution in [2.75, 3.05) is 0 Å². The summed E-state index contributed by atoms with van der Waals surface area (Å²) in [6.45, 7) is 0. The largest absolute Gasteiger partial charge is 0.0149 e. The van der Waals surface area contributed by atoms with E-state index in [9.17, 15) is 0 Å². The second kappa shape index (κ2) is 13.0. The van der Waals surface area contributed by atoms with Gasteiger partial charge in [0, 0.05) is 34.1 Å². The van der Waals surface area contributed by atoms with Gasteiger partial charge in [0.1, 0.15) is 0 Å². The van der Waals surface area contributed by atoms with Gasteiger partial charge in [-0.05, 0) is 11.0 Å². The third-order valence-corrected chi connectivity index (χ3v) is 0. The van der Waals surface area contributed by atoms with Gasteiger partial charge in [0.15, 0.2) is 0 Å². The second-order valence-electron chi connectivity index (χ2n) is 0.448. The zero-order valence-corrected chi connectivity index (χ0v) is 5.42. The summed E-state index contributed by atoms with van der Waals surface area (Å²) in [6.07, 6.45) is 0. The third kappa shape index (κ3) is 128. The van der Waals surface area contributed by atoms with Gasteiger partial charge >= 0.3 is 48.1 Å². The Morgan fingerprint density at radius 3 is 1.00 bits per heavy atom. The van der Waals surface area contributed by atoms with Crippen LogP contribution in [0.25, 0.3) is 0 Å². The first-order chi connectivity index (χ1) is 2.00. The molecule has 0 unspecified atom stereocenters. The molecule has 2 radical (unpaired) electrons. The van der Waals surface area contributed by atoms with Crippen LogP contribution in [0, 0.1) is 0 Å². The van der Waals surface area contributed by atoms with Crippen molar-refractivity contribution < 1.29 is 51.7 Å². The van der Waals surface area contributed by atoms with Crippen molar-refractivity contribution >= 4 is 59.1 Å². The Hall–Kier alpha value is 2.39. The quantitative estimate of drug-likeness (QED) is 0.369. The molecule has 4 nitrogen and oxygen atoms in total. The molecule has 9 heavy (non-hydrogen) atoms. The van der Waals surface area contributed by atoms with Gasteiger partial charge in [-0.25, -0.2) is 0 Å². The van der Waals surface area contributed by atoms with Gasteiger partial charge in [-0.1, -0.05) is 0 Å². The van der Waals surface area contributed by atoms with Crippen LogP contribution in [0.2, 0.25) is 0 Å². The van der Waals surface area contributed by atoms with Crippen molar-refractivity contribution in [2.45, 2.75) is 0 Å². The first kappa shape index (κ1) is 30.1. The molecule has 0 aromatic heterocycles. The fourth-order valence-corrected chi connectivity index (χ4v) is 0. The molecule has 0 rings (SSSR count). The molecule has 0 aliphatic rings. The minimum absolute atomic E-state index is 0. The van der Waals surface area contributed by atoms with Crippen LogP contribution in [0.5, 0.6) is 0 Å². The molecule has 0 atom stereocenters. The normalized spacial score (nSPS) is 6.44. The van der Waals surface area contributed by atoms with Gasteiger partial charge in [-0.2, -0.15) is 8.42 Å². The van der Waals surface area contributed by atoms with Crippen LogP contribution in [-0.4, -0.2) is 66.2 Å². The van der Waals surface area contributed by atoms with Crippen molar-refractivity contribution in [3.63, 3.8) is 0 Å². The first-order valence-corrected chi connectivity index (χ1v) is 2.10. The smallest absolute Gasteiger partial charge is 0 e. The van der Waals surface area contributed by atoms with Crippen LogP contribution in [0.3, 0.4) is 0 Å². The Bertz CT molecular complexity index is 102. The summed E-state index contributed by atoms with van der Waals surface area (Å²) < 4.78 is 31.6. The van der Waals surface area contributed by atoms with Gasteiger partial charge in [0.25, 0.3) is 0 Å². The first-order valence-electron chi connectivity index (χ1n) is 0.698. The Kier molecular flexibility index (Phi) is 43.5. The maximum atomic E-state index is 8.74. The number of hydrogen-bond acceptors (Lipinski definition) is 2. The Morgan fingerprint density at radius 1 is 1.00 bits per heavy atom. The van der Waals surface area contributed by atoms with Crippen molar-refractivity contribution in [1.82, 2.24) is 0 Å². The van der Waals surface area contributed by atoms with Crippen LogP contribution in [0.1, 0.15) is 0 Å².